The summed E-state index contributed by atoms with van der Waals surface area (Å²) >= 11 is 1.32. The van der Waals surface area contributed by atoms with Gasteiger partial charge in [-0.2, -0.15) is 4.98 Å². The normalized spacial score (nSPS) is 16.0. The summed E-state index contributed by atoms with van der Waals surface area (Å²) in [4.78, 5) is 38.0. The van der Waals surface area contributed by atoms with Crippen LogP contribution < -0.4 is 9.80 Å². The Labute approximate surface area is 225 Å². The minimum Gasteiger partial charge on any atom is -0.395 e. The standard InChI is InChI=1S/C28H30N6O3S/c1-3-33(16-17-35)20-10-8-19(9-11-20)30-31-28-29-27(34-14-12-32(2)13-15-34)24(38-28)18-23-25(36)21-6-4-5-7-22(21)26(23)37/h4-11,18,35H,3,12-17H2,1-2H3. The molecule has 0 unspecified atom stereocenters. The number of piperazine rings is 1. The monoisotopic (exact) mass is 530 g/mol. The van der Waals surface area contributed by atoms with Crippen molar-refractivity contribution in [3.05, 3.63) is 70.1 Å². The van der Waals surface area contributed by atoms with Crippen molar-refractivity contribution >= 4 is 51.3 Å². The Morgan fingerprint density at radius 1 is 1.00 bits per heavy atom. The van der Waals surface area contributed by atoms with Gasteiger partial charge in [0.1, 0.15) is 5.82 Å². The van der Waals surface area contributed by atoms with E-state index in [-0.39, 0.29) is 23.7 Å². The van der Waals surface area contributed by atoms with Crippen LogP contribution in [-0.2, 0) is 0 Å². The van der Waals surface area contributed by atoms with Crippen molar-refractivity contribution in [2.75, 3.05) is 62.7 Å². The minimum absolute atomic E-state index is 0.0940. The molecular weight excluding hydrogens is 500 g/mol. The molecule has 0 amide bonds. The number of carbonyl (C=O) groups is 2. The zero-order valence-corrected chi connectivity index (χ0v) is 22.3. The number of carbonyl (C=O) groups excluding carboxylic acids is 2. The molecule has 0 radical (unpaired) electrons. The fourth-order valence-electron chi connectivity index (χ4n) is 4.65. The molecule has 1 aromatic heterocycles. The number of allylic oxidation sites excluding steroid dienone is 1. The Kier molecular flexibility index (Phi) is 7.73. The molecule has 5 rings (SSSR count). The van der Waals surface area contributed by atoms with Crippen LogP contribution in [0.25, 0.3) is 6.08 Å². The molecule has 2 aromatic carbocycles. The molecule has 38 heavy (non-hydrogen) atoms. The summed E-state index contributed by atoms with van der Waals surface area (Å²) in [6, 6.07) is 14.6. The Morgan fingerprint density at radius 3 is 2.26 bits per heavy atom. The van der Waals surface area contributed by atoms with E-state index in [0.717, 1.165) is 49.1 Å². The summed E-state index contributed by atoms with van der Waals surface area (Å²) < 4.78 is 0. The predicted octanol–water partition coefficient (Wildman–Crippen LogP) is 4.59. The van der Waals surface area contributed by atoms with Crippen LogP contribution in [0.1, 0.15) is 32.5 Å². The highest BCUT2D eigenvalue weighted by Gasteiger charge is 2.33. The van der Waals surface area contributed by atoms with Gasteiger partial charge >= 0.3 is 0 Å². The topological polar surface area (TPSA) is 102 Å². The first kappa shape index (κ1) is 25.9. The predicted molar refractivity (Wildman–Crippen MR) is 150 cm³/mol. The van der Waals surface area contributed by atoms with Crippen molar-refractivity contribution in [1.82, 2.24) is 9.88 Å². The van der Waals surface area contributed by atoms with Gasteiger partial charge in [0.25, 0.3) is 0 Å². The van der Waals surface area contributed by atoms with Crippen LogP contribution in [0.5, 0.6) is 0 Å². The van der Waals surface area contributed by atoms with Crippen LogP contribution in [0, 0.1) is 0 Å². The largest absolute Gasteiger partial charge is 0.395 e. The molecule has 0 spiro atoms. The smallest absolute Gasteiger partial charge is 0.232 e. The van der Waals surface area contributed by atoms with Gasteiger partial charge in [0.15, 0.2) is 11.6 Å². The van der Waals surface area contributed by atoms with E-state index in [9.17, 15) is 14.7 Å². The average Bonchev–Trinajstić information content (AvgIpc) is 3.46. The van der Waals surface area contributed by atoms with Gasteiger partial charge in [-0.1, -0.05) is 35.6 Å². The summed E-state index contributed by atoms with van der Waals surface area (Å²) in [6.45, 7) is 6.87. The van der Waals surface area contributed by atoms with E-state index in [1.165, 1.54) is 11.3 Å². The van der Waals surface area contributed by atoms with Crippen LogP contribution in [-0.4, -0.2) is 79.5 Å². The van der Waals surface area contributed by atoms with Crippen LogP contribution in [0.2, 0.25) is 0 Å². The van der Waals surface area contributed by atoms with Gasteiger partial charge in [0, 0.05) is 56.1 Å². The van der Waals surface area contributed by atoms with Crippen molar-refractivity contribution in [3.63, 3.8) is 0 Å². The summed E-state index contributed by atoms with van der Waals surface area (Å²) in [5.74, 6) is 0.210. The quantitative estimate of drug-likeness (QED) is 0.258. The number of azo groups is 1. The molecular formula is C28H30N6O3S. The van der Waals surface area contributed by atoms with Gasteiger partial charge in [-0.25, -0.2) is 0 Å². The van der Waals surface area contributed by atoms with Crippen LogP contribution >= 0.6 is 11.3 Å². The van der Waals surface area contributed by atoms with Crippen molar-refractivity contribution in [2.45, 2.75) is 6.92 Å². The molecule has 0 saturated carbocycles. The SMILES string of the molecule is CCN(CCO)c1ccc(N=Nc2nc(N3CCN(C)CC3)c(C=C3C(=O)c4ccccc4C3=O)s2)cc1. The molecule has 1 N–H and O–H groups in total. The second-order valence-electron chi connectivity index (χ2n) is 9.26. The molecule has 0 bridgehead atoms. The Morgan fingerprint density at radius 2 is 1.66 bits per heavy atom. The number of anilines is 2. The molecule has 2 heterocycles. The number of aliphatic hydroxyl groups is 1. The number of Topliss-reactive ketones (excluding diaryl/α,β-unsaturated/α-hetero) is 2. The Bertz CT molecular complexity index is 1350. The number of aromatic nitrogens is 1. The van der Waals surface area contributed by atoms with E-state index in [1.807, 2.05) is 31.2 Å². The maximum absolute atomic E-state index is 13.0. The number of hydrogen-bond donors (Lipinski definition) is 1. The summed E-state index contributed by atoms with van der Waals surface area (Å²) in [7, 11) is 2.09. The number of benzene rings is 2. The van der Waals surface area contributed by atoms with Crippen LogP contribution in [0.4, 0.5) is 22.3 Å². The highest BCUT2D eigenvalue weighted by atomic mass is 32.1. The van der Waals surface area contributed by atoms with E-state index >= 15 is 0 Å². The van der Waals surface area contributed by atoms with Gasteiger partial charge in [-0.3, -0.25) is 9.59 Å². The maximum Gasteiger partial charge on any atom is 0.232 e. The van der Waals surface area contributed by atoms with Crippen molar-refractivity contribution in [1.29, 1.82) is 0 Å². The van der Waals surface area contributed by atoms with E-state index in [0.29, 0.717) is 28.5 Å². The fraction of sp³-hybridized carbons (Fsp3) is 0.321. The van der Waals surface area contributed by atoms with Crippen molar-refractivity contribution in [3.8, 4) is 0 Å². The van der Waals surface area contributed by atoms with E-state index in [4.69, 9.17) is 4.98 Å². The summed E-state index contributed by atoms with van der Waals surface area (Å²) in [6.07, 6.45) is 1.67. The molecule has 1 aliphatic carbocycles. The van der Waals surface area contributed by atoms with E-state index in [1.54, 1.807) is 30.3 Å². The first-order chi connectivity index (χ1) is 18.5. The molecule has 9 nitrogen and oxygen atoms in total. The van der Waals surface area contributed by atoms with Crippen molar-refractivity contribution in [2.24, 2.45) is 10.2 Å². The lowest BCUT2D eigenvalue weighted by atomic mass is 10.1. The van der Waals surface area contributed by atoms with Gasteiger partial charge in [-0.15, -0.1) is 10.2 Å². The first-order valence-corrected chi connectivity index (χ1v) is 13.5. The Hall–Kier alpha value is -3.73. The highest BCUT2D eigenvalue weighted by Crippen LogP contribution is 2.37. The minimum atomic E-state index is -0.256. The molecule has 196 valence electrons. The number of ketones is 2. The molecule has 1 aliphatic heterocycles. The molecule has 10 heteroatoms. The molecule has 0 atom stereocenters. The highest BCUT2D eigenvalue weighted by molar-refractivity contribution is 7.16. The summed E-state index contributed by atoms with van der Waals surface area (Å²) in [5.41, 5.74) is 2.74. The lowest BCUT2D eigenvalue weighted by molar-refractivity contribution is 0.0990. The second kappa shape index (κ2) is 11.3. The summed E-state index contributed by atoms with van der Waals surface area (Å²) in [5, 5.41) is 18.5. The Balaban J connectivity index is 1.44. The van der Waals surface area contributed by atoms with Gasteiger partial charge in [0.05, 0.1) is 22.7 Å². The van der Waals surface area contributed by atoms with Crippen LogP contribution in [0.3, 0.4) is 0 Å². The molecule has 3 aromatic rings. The molecule has 1 saturated heterocycles. The zero-order chi connectivity index (χ0) is 26.6. The lowest BCUT2D eigenvalue weighted by Crippen LogP contribution is -2.44. The maximum atomic E-state index is 13.0. The second-order valence-corrected chi connectivity index (χ2v) is 10.3. The van der Waals surface area contributed by atoms with E-state index in [2.05, 4.69) is 32.0 Å². The van der Waals surface area contributed by atoms with E-state index < -0.39 is 0 Å². The number of nitrogens with zero attached hydrogens (tertiary/aromatic N) is 6. The number of hydrogen-bond acceptors (Lipinski definition) is 10. The van der Waals surface area contributed by atoms with Gasteiger partial charge in [0.2, 0.25) is 5.13 Å². The molecule has 1 fully saturated rings. The van der Waals surface area contributed by atoms with Gasteiger partial charge in [-0.05, 0) is 44.3 Å². The third kappa shape index (κ3) is 5.28. The lowest BCUT2D eigenvalue weighted by Gasteiger charge is -2.32. The number of fused-ring (bicyclic) bond motifs is 1. The van der Waals surface area contributed by atoms with Crippen molar-refractivity contribution < 1.29 is 14.7 Å². The number of aliphatic hydroxyl groups excluding tert-OH is 1. The average molecular weight is 531 g/mol. The third-order valence-electron chi connectivity index (χ3n) is 6.82. The van der Waals surface area contributed by atoms with Crippen LogP contribution in [0.15, 0.2) is 64.3 Å². The molecule has 2 aliphatic rings. The number of thiazole rings is 1. The third-order valence-corrected chi connectivity index (χ3v) is 7.70. The zero-order valence-electron chi connectivity index (χ0n) is 21.5. The number of rotatable bonds is 8. The van der Waals surface area contributed by atoms with Gasteiger partial charge < -0.3 is 19.8 Å². The number of likely N-dealkylation sites (N-methyl/N-ethyl adjacent to an activating group) is 2. The first-order valence-electron chi connectivity index (χ1n) is 12.7. The fourth-order valence-corrected chi connectivity index (χ4v) is 5.50.